The van der Waals surface area contributed by atoms with E-state index < -0.39 is 18.0 Å². The molecule has 0 saturated heterocycles. The number of carbonyl (C=O) groups is 3. The predicted octanol–water partition coefficient (Wildman–Crippen LogP) is 4.23. The molecule has 1 N–H and O–H groups in total. The highest BCUT2D eigenvalue weighted by Crippen LogP contribution is 2.24. The molecule has 0 aliphatic rings. The van der Waals surface area contributed by atoms with E-state index in [1.807, 2.05) is 37.3 Å². The topological polar surface area (TPSA) is 81.7 Å². The summed E-state index contributed by atoms with van der Waals surface area (Å²) in [6, 6.07) is 14.4. The summed E-state index contributed by atoms with van der Waals surface area (Å²) in [7, 11) is 1.48. The molecule has 0 aromatic heterocycles. The van der Waals surface area contributed by atoms with E-state index in [9.17, 15) is 14.4 Å². The molecule has 2 atom stereocenters. The fraction of sp³-hybridized carbons (Fsp3) is 0.318. The lowest BCUT2D eigenvalue weighted by Crippen LogP contribution is -2.37. The van der Waals surface area contributed by atoms with Crippen LogP contribution in [-0.4, -0.2) is 30.9 Å². The summed E-state index contributed by atoms with van der Waals surface area (Å²) < 4.78 is 11.1. The van der Waals surface area contributed by atoms with Crippen LogP contribution in [0, 0.1) is 0 Å². The number of rotatable bonds is 9. The third-order valence-corrected chi connectivity index (χ3v) is 4.85. The summed E-state index contributed by atoms with van der Waals surface area (Å²) in [5, 5.41) is 2.81. The zero-order valence-corrected chi connectivity index (χ0v) is 18.2. The van der Waals surface area contributed by atoms with Crippen molar-refractivity contribution in [2.45, 2.75) is 38.8 Å². The average molecular weight is 462 g/mol. The largest absolute Gasteiger partial charge is 0.496 e. The predicted molar refractivity (Wildman–Crippen MR) is 113 cm³/mol. The van der Waals surface area contributed by atoms with Gasteiger partial charge in [-0.1, -0.05) is 46.3 Å². The van der Waals surface area contributed by atoms with Crippen molar-refractivity contribution in [3.8, 4) is 5.75 Å². The van der Waals surface area contributed by atoms with E-state index in [-0.39, 0.29) is 24.7 Å². The molecule has 0 heterocycles. The quantitative estimate of drug-likeness (QED) is 0.446. The highest BCUT2D eigenvalue weighted by atomic mass is 79.9. The molecule has 0 aliphatic heterocycles. The summed E-state index contributed by atoms with van der Waals surface area (Å²) in [6.07, 6.45) is -1.12. The van der Waals surface area contributed by atoms with E-state index in [1.54, 1.807) is 18.2 Å². The van der Waals surface area contributed by atoms with E-state index >= 15 is 0 Å². The molecule has 6 nitrogen and oxygen atoms in total. The number of hydrogen-bond donors (Lipinski definition) is 1. The van der Waals surface area contributed by atoms with E-state index in [0.29, 0.717) is 11.3 Å². The SMILES string of the molecule is COc1ccc(Br)cc1C(=O)CCC(=O)OC(C)C(=O)NC(C)c1ccccc1. The van der Waals surface area contributed by atoms with Crippen LogP contribution in [0.3, 0.4) is 0 Å². The molecule has 0 bridgehead atoms. The summed E-state index contributed by atoms with van der Waals surface area (Å²) in [4.78, 5) is 36.8. The highest BCUT2D eigenvalue weighted by Gasteiger charge is 2.21. The zero-order chi connectivity index (χ0) is 21.4. The lowest BCUT2D eigenvalue weighted by atomic mass is 10.1. The number of halogens is 1. The molecule has 2 unspecified atom stereocenters. The number of Topliss-reactive ketones (excluding diaryl/α,β-unsaturated/α-hetero) is 1. The molecular weight excluding hydrogens is 438 g/mol. The Kier molecular flexibility index (Phi) is 8.39. The van der Waals surface area contributed by atoms with Crippen LogP contribution in [0.4, 0.5) is 0 Å². The number of benzene rings is 2. The first-order valence-electron chi connectivity index (χ1n) is 9.23. The van der Waals surface area contributed by atoms with Crippen LogP contribution in [0.1, 0.15) is 48.7 Å². The summed E-state index contributed by atoms with van der Waals surface area (Å²) in [5.41, 5.74) is 1.34. The van der Waals surface area contributed by atoms with Gasteiger partial charge in [-0.25, -0.2) is 0 Å². The second-order valence-electron chi connectivity index (χ2n) is 6.54. The van der Waals surface area contributed by atoms with Gasteiger partial charge in [0.25, 0.3) is 5.91 Å². The van der Waals surface area contributed by atoms with Gasteiger partial charge in [-0.2, -0.15) is 0 Å². The van der Waals surface area contributed by atoms with Gasteiger partial charge in [0.05, 0.1) is 25.1 Å². The van der Waals surface area contributed by atoms with E-state index in [2.05, 4.69) is 21.2 Å². The van der Waals surface area contributed by atoms with E-state index in [4.69, 9.17) is 9.47 Å². The lowest BCUT2D eigenvalue weighted by molar-refractivity contribution is -0.155. The van der Waals surface area contributed by atoms with Crippen LogP contribution in [0.25, 0.3) is 0 Å². The minimum Gasteiger partial charge on any atom is -0.496 e. The van der Waals surface area contributed by atoms with Crippen molar-refractivity contribution < 1.29 is 23.9 Å². The fourth-order valence-electron chi connectivity index (χ4n) is 2.71. The Balaban J connectivity index is 1.84. The maximum absolute atomic E-state index is 12.4. The fourth-order valence-corrected chi connectivity index (χ4v) is 3.07. The minimum absolute atomic E-state index is 0.0413. The lowest BCUT2D eigenvalue weighted by Gasteiger charge is -2.18. The van der Waals surface area contributed by atoms with Crippen molar-refractivity contribution in [1.29, 1.82) is 0 Å². The van der Waals surface area contributed by atoms with Crippen molar-refractivity contribution in [2.75, 3.05) is 7.11 Å². The first-order chi connectivity index (χ1) is 13.8. The highest BCUT2D eigenvalue weighted by molar-refractivity contribution is 9.10. The standard InChI is InChI=1S/C22H24BrNO5/c1-14(16-7-5-4-6-8-16)24-22(27)15(2)29-21(26)12-10-19(25)18-13-17(23)9-11-20(18)28-3/h4-9,11,13-15H,10,12H2,1-3H3,(H,24,27). The maximum Gasteiger partial charge on any atom is 0.307 e. The molecule has 0 fully saturated rings. The van der Waals surface area contributed by atoms with Crippen molar-refractivity contribution in [2.24, 2.45) is 0 Å². The third kappa shape index (κ3) is 6.71. The maximum atomic E-state index is 12.4. The van der Waals surface area contributed by atoms with E-state index in [0.717, 1.165) is 10.0 Å². The van der Waals surface area contributed by atoms with Gasteiger partial charge in [0.2, 0.25) is 0 Å². The average Bonchev–Trinajstić information content (AvgIpc) is 2.72. The number of carbonyl (C=O) groups excluding carboxylic acids is 3. The number of methoxy groups -OCH3 is 1. The number of amides is 1. The third-order valence-electron chi connectivity index (χ3n) is 4.35. The molecule has 0 aliphatic carbocycles. The number of ketones is 1. The second-order valence-corrected chi connectivity index (χ2v) is 7.46. The summed E-state index contributed by atoms with van der Waals surface area (Å²) in [5.74, 6) is -0.805. The van der Waals surface area contributed by atoms with E-state index in [1.165, 1.54) is 14.0 Å². The van der Waals surface area contributed by atoms with Crippen molar-refractivity contribution in [1.82, 2.24) is 5.32 Å². The summed E-state index contributed by atoms with van der Waals surface area (Å²) >= 11 is 3.31. The van der Waals surface area contributed by atoms with Gasteiger partial charge < -0.3 is 14.8 Å². The van der Waals surface area contributed by atoms with Crippen LogP contribution >= 0.6 is 15.9 Å². The molecule has 29 heavy (non-hydrogen) atoms. The van der Waals surface area contributed by atoms with Gasteiger partial charge in [0.15, 0.2) is 11.9 Å². The molecule has 0 saturated carbocycles. The van der Waals surface area contributed by atoms with Crippen LogP contribution in [-0.2, 0) is 14.3 Å². The Morgan fingerprint density at radius 1 is 1.03 bits per heavy atom. The first kappa shape index (κ1) is 22.6. The zero-order valence-electron chi connectivity index (χ0n) is 16.6. The van der Waals surface area contributed by atoms with Gasteiger partial charge >= 0.3 is 5.97 Å². The summed E-state index contributed by atoms with van der Waals surface area (Å²) in [6.45, 7) is 3.36. The Hall–Kier alpha value is -2.67. The van der Waals surface area contributed by atoms with Gasteiger partial charge in [-0.05, 0) is 37.6 Å². The molecule has 0 radical (unpaired) electrons. The molecule has 2 aromatic carbocycles. The number of esters is 1. The minimum atomic E-state index is -0.954. The Morgan fingerprint density at radius 2 is 1.72 bits per heavy atom. The molecule has 0 spiro atoms. The van der Waals surface area contributed by atoms with Crippen molar-refractivity contribution >= 4 is 33.6 Å². The van der Waals surface area contributed by atoms with Crippen LogP contribution in [0.2, 0.25) is 0 Å². The molecule has 1 amide bonds. The van der Waals surface area contributed by atoms with Crippen LogP contribution in [0.5, 0.6) is 5.75 Å². The van der Waals surface area contributed by atoms with Gasteiger partial charge in [0.1, 0.15) is 5.75 Å². The molecule has 7 heteroatoms. The Morgan fingerprint density at radius 3 is 2.38 bits per heavy atom. The van der Waals surface area contributed by atoms with Crippen LogP contribution in [0.15, 0.2) is 53.0 Å². The number of nitrogens with one attached hydrogen (secondary N) is 1. The van der Waals surface area contributed by atoms with Gasteiger partial charge in [0, 0.05) is 10.9 Å². The Labute approximate surface area is 178 Å². The van der Waals surface area contributed by atoms with Gasteiger partial charge in [-0.15, -0.1) is 0 Å². The first-order valence-corrected chi connectivity index (χ1v) is 10.0. The molecule has 154 valence electrons. The number of hydrogen-bond acceptors (Lipinski definition) is 5. The molecule has 2 rings (SSSR count). The molecular formula is C22H24BrNO5. The Bertz CT molecular complexity index is 869. The van der Waals surface area contributed by atoms with Crippen molar-refractivity contribution in [3.63, 3.8) is 0 Å². The van der Waals surface area contributed by atoms with Crippen LogP contribution < -0.4 is 10.1 Å². The second kappa shape index (κ2) is 10.8. The normalized spacial score (nSPS) is 12.6. The van der Waals surface area contributed by atoms with Gasteiger partial charge in [-0.3, -0.25) is 14.4 Å². The molecule has 2 aromatic rings. The number of ether oxygens (including phenoxy) is 2. The monoisotopic (exact) mass is 461 g/mol. The van der Waals surface area contributed by atoms with Crippen molar-refractivity contribution in [3.05, 3.63) is 64.1 Å². The smallest absolute Gasteiger partial charge is 0.307 e.